The van der Waals surface area contributed by atoms with Gasteiger partial charge in [-0.2, -0.15) is 0 Å². The number of hydrogen-bond donors (Lipinski definition) is 0. The summed E-state index contributed by atoms with van der Waals surface area (Å²) in [5.74, 6) is -0.407. The number of halogens is 1. The highest BCUT2D eigenvalue weighted by Crippen LogP contribution is 2.38. The Morgan fingerprint density at radius 1 is 1.06 bits per heavy atom. The second-order valence-electron chi connectivity index (χ2n) is 3.46. The molecule has 17 heavy (non-hydrogen) atoms. The Bertz CT molecular complexity index is 578. The SMILES string of the molecule is COc1c(F)c(C=O)c(OC)c2ccccc12. The molecular formula is C13H11FO3. The molecule has 2 rings (SSSR count). The van der Waals surface area contributed by atoms with E-state index in [0.29, 0.717) is 17.1 Å². The molecule has 0 aliphatic carbocycles. The van der Waals surface area contributed by atoms with Crippen LogP contribution >= 0.6 is 0 Å². The molecule has 0 atom stereocenters. The number of hydrogen-bond acceptors (Lipinski definition) is 3. The van der Waals surface area contributed by atoms with Gasteiger partial charge in [0.15, 0.2) is 17.9 Å². The number of aldehydes is 1. The maximum atomic E-state index is 14.0. The van der Waals surface area contributed by atoms with Crippen molar-refractivity contribution in [2.45, 2.75) is 0 Å². The zero-order valence-electron chi connectivity index (χ0n) is 9.49. The molecule has 0 aliphatic heterocycles. The van der Waals surface area contributed by atoms with Crippen molar-refractivity contribution in [2.75, 3.05) is 14.2 Å². The smallest absolute Gasteiger partial charge is 0.179 e. The second-order valence-corrected chi connectivity index (χ2v) is 3.46. The van der Waals surface area contributed by atoms with Gasteiger partial charge in [0.25, 0.3) is 0 Å². The zero-order valence-corrected chi connectivity index (χ0v) is 9.49. The van der Waals surface area contributed by atoms with Crippen molar-refractivity contribution in [3.8, 4) is 11.5 Å². The van der Waals surface area contributed by atoms with E-state index in [1.807, 2.05) is 0 Å². The molecule has 2 aromatic rings. The van der Waals surface area contributed by atoms with Gasteiger partial charge in [-0.15, -0.1) is 0 Å². The van der Waals surface area contributed by atoms with Crippen LogP contribution < -0.4 is 9.47 Å². The topological polar surface area (TPSA) is 35.5 Å². The van der Waals surface area contributed by atoms with Crippen LogP contribution in [0.3, 0.4) is 0 Å². The Balaban J connectivity index is 2.98. The van der Waals surface area contributed by atoms with Gasteiger partial charge < -0.3 is 9.47 Å². The molecule has 0 N–H and O–H groups in total. The first-order chi connectivity index (χ1) is 8.24. The van der Waals surface area contributed by atoms with Crippen LogP contribution in [0.5, 0.6) is 11.5 Å². The highest BCUT2D eigenvalue weighted by molar-refractivity contribution is 6.00. The van der Waals surface area contributed by atoms with Gasteiger partial charge in [0.2, 0.25) is 0 Å². The van der Waals surface area contributed by atoms with E-state index in [9.17, 15) is 9.18 Å². The number of rotatable bonds is 3. The van der Waals surface area contributed by atoms with Gasteiger partial charge in [-0.3, -0.25) is 4.79 Å². The van der Waals surface area contributed by atoms with Crippen molar-refractivity contribution < 1.29 is 18.7 Å². The quantitative estimate of drug-likeness (QED) is 0.766. The third kappa shape index (κ3) is 1.62. The average Bonchev–Trinajstić information content (AvgIpc) is 2.37. The summed E-state index contributed by atoms with van der Waals surface area (Å²) in [6.45, 7) is 0. The summed E-state index contributed by atoms with van der Waals surface area (Å²) in [4.78, 5) is 10.9. The van der Waals surface area contributed by atoms with Gasteiger partial charge in [-0.25, -0.2) is 4.39 Å². The molecule has 0 saturated carbocycles. The minimum atomic E-state index is -0.696. The van der Waals surface area contributed by atoms with Crippen LogP contribution in [-0.2, 0) is 0 Å². The van der Waals surface area contributed by atoms with Gasteiger partial charge in [0, 0.05) is 10.8 Å². The summed E-state index contributed by atoms with van der Waals surface area (Å²) in [5, 5.41) is 1.23. The Hall–Kier alpha value is -2.10. The van der Waals surface area contributed by atoms with Gasteiger partial charge in [0.1, 0.15) is 5.75 Å². The van der Waals surface area contributed by atoms with Crippen LogP contribution in [0.1, 0.15) is 10.4 Å². The molecule has 0 heterocycles. The van der Waals surface area contributed by atoms with Crippen LogP contribution in [0.15, 0.2) is 24.3 Å². The van der Waals surface area contributed by atoms with Crippen LogP contribution in [0.2, 0.25) is 0 Å². The summed E-state index contributed by atoms with van der Waals surface area (Å²) in [5.41, 5.74) is -0.122. The maximum absolute atomic E-state index is 14.0. The molecule has 4 heteroatoms. The highest BCUT2D eigenvalue weighted by atomic mass is 19.1. The molecule has 88 valence electrons. The third-order valence-corrected chi connectivity index (χ3v) is 2.62. The van der Waals surface area contributed by atoms with Crippen LogP contribution in [0.25, 0.3) is 10.8 Å². The first-order valence-electron chi connectivity index (χ1n) is 5.02. The van der Waals surface area contributed by atoms with E-state index in [1.54, 1.807) is 24.3 Å². The van der Waals surface area contributed by atoms with Crippen molar-refractivity contribution in [3.63, 3.8) is 0 Å². The molecule has 0 aliphatic rings. The number of fused-ring (bicyclic) bond motifs is 1. The van der Waals surface area contributed by atoms with Gasteiger partial charge in [-0.1, -0.05) is 24.3 Å². The van der Waals surface area contributed by atoms with E-state index >= 15 is 0 Å². The maximum Gasteiger partial charge on any atom is 0.179 e. The molecule has 0 aromatic heterocycles. The minimum absolute atomic E-state index is 0.0588. The normalized spacial score (nSPS) is 10.3. The molecular weight excluding hydrogens is 223 g/mol. The average molecular weight is 234 g/mol. The summed E-state index contributed by atoms with van der Waals surface area (Å²) >= 11 is 0. The van der Waals surface area contributed by atoms with Gasteiger partial charge in [0.05, 0.1) is 19.8 Å². The fourth-order valence-electron chi connectivity index (χ4n) is 1.89. The Kier molecular flexibility index (Phi) is 2.95. The Morgan fingerprint density at radius 2 is 1.59 bits per heavy atom. The minimum Gasteiger partial charge on any atom is -0.495 e. The lowest BCUT2D eigenvalue weighted by molar-refractivity contribution is 0.111. The summed E-state index contributed by atoms with van der Waals surface area (Å²) in [6.07, 6.45) is 0.434. The number of ether oxygens (including phenoxy) is 2. The van der Waals surface area contributed by atoms with Crippen LogP contribution in [0.4, 0.5) is 4.39 Å². The lowest BCUT2D eigenvalue weighted by Crippen LogP contribution is -2.00. The zero-order chi connectivity index (χ0) is 12.4. The fraction of sp³-hybridized carbons (Fsp3) is 0.154. The fourth-order valence-corrected chi connectivity index (χ4v) is 1.89. The van der Waals surface area contributed by atoms with Crippen molar-refractivity contribution in [2.24, 2.45) is 0 Å². The number of methoxy groups -OCH3 is 2. The van der Waals surface area contributed by atoms with E-state index < -0.39 is 5.82 Å². The molecule has 0 spiro atoms. The molecule has 0 amide bonds. The van der Waals surface area contributed by atoms with E-state index in [0.717, 1.165) is 0 Å². The molecule has 0 bridgehead atoms. The van der Waals surface area contributed by atoms with Crippen molar-refractivity contribution in [1.82, 2.24) is 0 Å². The number of carbonyl (C=O) groups excluding carboxylic acids is 1. The first-order valence-corrected chi connectivity index (χ1v) is 5.02. The second kappa shape index (κ2) is 4.41. The highest BCUT2D eigenvalue weighted by Gasteiger charge is 2.20. The number of carbonyl (C=O) groups is 1. The van der Waals surface area contributed by atoms with Gasteiger partial charge in [-0.05, 0) is 0 Å². The van der Waals surface area contributed by atoms with Gasteiger partial charge >= 0.3 is 0 Å². The lowest BCUT2D eigenvalue weighted by Gasteiger charge is -2.13. The van der Waals surface area contributed by atoms with Crippen LogP contribution in [0, 0.1) is 5.82 Å². The molecule has 3 nitrogen and oxygen atoms in total. The summed E-state index contributed by atoms with van der Waals surface area (Å²) < 4.78 is 24.1. The summed E-state index contributed by atoms with van der Waals surface area (Å²) in [7, 11) is 2.77. The first kappa shape index (κ1) is 11.4. The number of benzene rings is 2. The Labute approximate surface area is 97.8 Å². The molecule has 0 saturated heterocycles. The van der Waals surface area contributed by atoms with Crippen molar-refractivity contribution in [1.29, 1.82) is 0 Å². The Morgan fingerprint density at radius 3 is 2.06 bits per heavy atom. The third-order valence-electron chi connectivity index (χ3n) is 2.62. The largest absolute Gasteiger partial charge is 0.495 e. The van der Waals surface area contributed by atoms with Crippen molar-refractivity contribution in [3.05, 3.63) is 35.6 Å². The van der Waals surface area contributed by atoms with E-state index in [1.165, 1.54) is 14.2 Å². The van der Waals surface area contributed by atoms with E-state index in [2.05, 4.69) is 0 Å². The monoisotopic (exact) mass is 234 g/mol. The van der Waals surface area contributed by atoms with Crippen molar-refractivity contribution >= 4 is 17.1 Å². The lowest BCUT2D eigenvalue weighted by atomic mass is 10.0. The van der Waals surface area contributed by atoms with E-state index in [-0.39, 0.29) is 17.1 Å². The van der Waals surface area contributed by atoms with E-state index in [4.69, 9.17) is 9.47 Å². The molecule has 0 fully saturated rings. The summed E-state index contributed by atoms with van der Waals surface area (Å²) in [6, 6.07) is 7.03. The molecule has 2 aromatic carbocycles. The predicted octanol–water partition coefficient (Wildman–Crippen LogP) is 2.81. The predicted molar refractivity (Wildman–Crippen MR) is 62.4 cm³/mol. The molecule has 0 radical (unpaired) electrons. The van der Waals surface area contributed by atoms with Crippen LogP contribution in [-0.4, -0.2) is 20.5 Å². The molecule has 0 unspecified atom stereocenters. The standard InChI is InChI=1S/C13H11FO3/c1-16-12-8-5-3-4-6-9(8)13(17-2)11(14)10(12)7-15/h3-7H,1-2H3.